The summed E-state index contributed by atoms with van der Waals surface area (Å²) in [4.78, 5) is 4.52. The molecule has 3 nitrogen and oxygen atoms in total. The quantitative estimate of drug-likeness (QED) is 0.786. The van der Waals surface area contributed by atoms with Crippen molar-refractivity contribution >= 4 is 11.0 Å². The number of nitrogens with two attached hydrogens (primary N) is 1. The molecule has 0 spiro atoms. The lowest BCUT2D eigenvalue weighted by Gasteiger charge is -2.07. The van der Waals surface area contributed by atoms with E-state index in [1.54, 1.807) is 0 Å². The van der Waals surface area contributed by atoms with Gasteiger partial charge < -0.3 is 10.3 Å². The molecule has 0 saturated carbocycles. The van der Waals surface area contributed by atoms with E-state index >= 15 is 0 Å². The molecule has 0 saturated heterocycles. The molecule has 0 radical (unpaired) electrons. The van der Waals surface area contributed by atoms with Gasteiger partial charge in [0.05, 0.1) is 17.1 Å². The topological polar surface area (TPSA) is 43.8 Å². The SMILES string of the molecule is CCn1c(C(C)N)nc2ccccc21. The molecular formula is C11H15N3. The fourth-order valence-corrected chi connectivity index (χ4v) is 1.77. The van der Waals surface area contributed by atoms with Gasteiger partial charge in [0.2, 0.25) is 0 Å². The lowest BCUT2D eigenvalue weighted by molar-refractivity contribution is 0.650. The molecule has 1 atom stereocenters. The van der Waals surface area contributed by atoms with Crippen molar-refractivity contribution < 1.29 is 0 Å². The normalized spacial score (nSPS) is 13.4. The largest absolute Gasteiger partial charge is 0.327 e. The van der Waals surface area contributed by atoms with Crippen LogP contribution in [0.1, 0.15) is 25.7 Å². The first-order valence-corrected chi connectivity index (χ1v) is 4.94. The van der Waals surface area contributed by atoms with E-state index in [1.807, 2.05) is 25.1 Å². The van der Waals surface area contributed by atoms with Crippen LogP contribution >= 0.6 is 0 Å². The fourth-order valence-electron chi connectivity index (χ4n) is 1.77. The number of hydrogen-bond donors (Lipinski definition) is 1. The maximum Gasteiger partial charge on any atom is 0.126 e. The molecule has 0 fully saturated rings. The second kappa shape index (κ2) is 3.42. The highest BCUT2D eigenvalue weighted by Crippen LogP contribution is 2.18. The van der Waals surface area contributed by atoms with E-state index in [0.717, 1.165) is 17.9 Å². The van der Waals surface area contributed by atoms with E-state index in [9.17, 15) is 0 Å². The number of nitrogens with zero attached hydrogens (tertiary/aromatic N) is 2. The molecule has 2 N–H and O–H groups in total. The number of hydrogen-bond acceptors (Lipinski definition) is 2. The summed E-state index contributed by atoms with van der Waals surface area (Å²) >= 11 is 0. The molecule has 2 rings (SSSR count). The van der Waals surface area contributed by atoms with E-state index < -0.39 is 0 Å². The second-order valence-electron chi connectivity index (χ2n) is 3.49. The molecule has 14 heavy (non-hydrogen) atoms. The summed E-state index contributed by atoms with van der Waals surface area (Å²) in [5, 5.41) is 0. The summed E-state index contributed by atoms with van der Waals surface area (Å²) in [5.74, 6) is 0.966. The fraction of sp³-hybridized carbons (Fsp3) is 0.364. The molecule has 3 heteroatoms. The van der Waals surface area contributed by atoms with E-state index in [1.165, 1.54) is 5.52 Å². The van der Waals surface area contributed by atoms with Gasteiger partial charge in [0, 0.05) is 6.54 Å². The van der Waals surface area contributed by atoms with Crippen LogP contribution in [0.5, 0.6) is 0 Å². The van der Waals surface area contributed by atoms with Crippen molar-refractivity contribution in [2.75, 3.05) is 0 Å². The lowest BCUT2D eigenvalue weighted by Crippen LogP contribution is -2.12. The zero-order valence-corrected chi connectivity index (χ0v) is 8.57. The minimum Gasteiger partial charge on any atom is -0.327 e. The Morgan fingerprint density at radius 3 is 2.79 bits per heavy atom. The highest BCUT2D eigenvalue weighted by molar-refractivity contribution is 5.75. The number of benzene rings is 1. The molecule has 0 aliphatic rings. The third-order valence-corrected chi connectivity index (χ3v) is 2.41. The van der Waals surface area contributed by atoms with Gasteiger partial charge in [-0.2, -0.15) is 0 Å². The summed E-state index contributed by atoms with van der Waals surface area (Å²) in [6, 6.07) is 8.12. The molecule has 1 heterocycles. The highest BCUT2D eigenvalue weighted by Gasteiger charge is 2.11. The average molecular weight is 189 g/mol. The number of imidazole rings is 1. The van der Waals surface area contributed by atoms with Crippen LogP contribution in [0.15, 0.2) is 24.3 Å². The molecule has 0 aliphatic carbocycles. The van der Waals surface area contributed by atoms with Crippen molar-refractivity contribution in [3.05, 3.63) is 30.1 Å². The first-order chi connectivity index (χ1) is 6.74. The lowest BCUT2D eigenvalue weighted by atomic mass is 10.3. The Labute approximate surface area is 83.6 Å². The summed E-state index contributed by atoms with van der Waals surface area (Å²) < 4.78 is 2.17. The van der Waals surface area contributed by atoms with Gasteiger partial charge in [-0.25, -0.2) is 4.98 Å². The summed E-state index contributed by atoms with van der Waals surface area (Å²) in [6.07, 6.45) is 0. The first kappa shape index (κ1) is 9.21. The van der Waals surface area contributed by atoms with Gasteiger partial charge in [-0.1, -0.05) is 12.1 Å². The van der Waals surface area contributed by atoms with Crippen molar-refractivity contribution in [3.63, 3.8) is 0 Å². The van der Waals surface area contributed by atoms with Gasteiger partial charge in [0.25, 0.3) is 0 Å². The van der Waals surface area contributed by atoms with Crippen LogP contribution in [-0.2, 0) is 6.54 Å². The van der Waals surface area contributed by atoms with Crippen molar-refractivity contribution in [3.8, 4) is 0 Å². The van der Waals surface area contributed by atoms with Gasteiger partial charge in [-0.15, -0.1) is 0 Å². The maximum absolute atomic E-state index is 5.87. The van der Waals surface area contributed by atoms with Gasteiger partial charge >= 0.3 is 0 Å². The van der Waals surface area contributed by atoms with Crippen LogP contribution in [0.2, 0.25) is 0 Å². The Hall–Kier alpha value is -1.35. The minimum absolute atomic E-state index is 0.0117. The van der Waals surface area contributed by atoms with Crippen LogP contribution in [0.3, 0.4) is 0 Å². The summed E-state index contributed by atoms with van der Waals surface area (Å²) in [7, 11) is 0. The molecule has 74 valence electrons. The second-order valence-corrected chi connectivity index (χ2v) is 3.49. The Morgan fingerprint density at radius 2 is 2.14 bits per heavy atom. The van der Waals surface area contributed by atoms with Crippen molar-refractivity contribution in [2.45, 2.75) is 26.4 Å². The van der Waals surface area contributed by atoms with Gasteiger partial charge in [0.15, 0.2) is 0 Å². The van der Waals surface area contributed by atoms with Crippen molar-refractivity contribution in [1.82, 2.24) is 9.55 Å². The maximum atomic E-state index is 5.87. The number of para-hydroxylation sites is 2. The van der Waals surface area contributed by atoms with Crippen LogP contribution in [0, 0.1) is 0 Å². The van der Waals surface area contributed by atoms with Gasteiger partial charge in [-0.05, 0) is 26.0 Å². The molecule has 1 aromatic carbocycles. The molecule has 1 aromatic heterocycles. The van der Waals surface area contributed by atoms with Gasteiger partial charge in [0.1, 0.15) is 5.82 Å². The molecule has 0 aliphatic heterocycles. The Kier molecular flexibility index (Phi) is 2.25. The average Bonchev–Trinajstić information content (AvgIpc) is 2.56. The van der Waals surface area contributed by atoms with E-state index in [-0.39, 0.29) is 6.04 Å². The molecule has 1 unspecified atom stereocenters. The minimum atomic E-state index is -0.0117. The number of rotatable bonds is 2. The van der Waals surface area contributed by atoms with E-state index in [0.29, 0.717) is 0 Å². The monoisotopic (exact) mass is 189 g/mol. The molecule has 2 aromatic rings. The molecule has 0 bridgehead atoms. The van der Waals surface area contributed by atoms with Crippen molar-refractivity contribution in [2.24, 2.45) is 5.73 Å². The predicted octanol–water partition coefficient (Wildman–Crippen LogP) is 2.08. The zero-order chi connectivity index (χ0) is 10.1. The van der Waals surface area contributed by atoms with E-state index in [4.69, 9.17) is 5.73 Å². The van der Waals surface area contributed by atoms with E-state index in [2.05, 4.69) is 22.5 Å². The third kappa shape index (κ3) is 1.30. The number of fused-ring (bicyclic) bond motifs is 1. The van der Waals surface area contributed by atoms with Crippen LogP contribution in [-0.4, -0.2) is 9.55 Å². The first-order valence-electron chi connectivity index (χ1n) is 4.94. The summed E-state index contributed by atoms with van der Waals surface area (Å²) in [5.41, 5.74) is 8.07. The molecular weight excluding hydrogens is 174 g/mol. The Balaban J connectivity index is 2.72. The standard InChI is InChI=1S/C11H15N3/c1-3-14-10-7-5-4-6-9(10)13-11(14)8(2)12/h4-8H,3,12H2,1-2H3. The predicted molar refractivity (Wildman–Crippen MR) is 58.0 cm³/mol. The molecule has 0 amide bonds. The highest BCUT2D eigenvalue weighted by atomic mass is 15.1. The Morgan fingerprint density at radius 1 is 1.43 bits per heavy atom. The Bertz CT molecular complexity index is 443. The van der Waals surface area contributed by atoms with Gasteiger partial charge in [-0.3, -0.25) is 0 Å². The number of aromatic nitrogens is 2. The van der Waals surface area contributed by atoms with Crippen LogP contribution < -0.4 is 5.73 Å². The number of aryl methyl sites for hydroxylation is 1. The third-order valence-electron chi connectivity index (χ3n) is 2.41. The summed E-state index contributed by atoms with van der Waals surface area (Å²) in [6.45, 7) is 4.99. The van der Waals surface area contributed by atoms with Crippen LogP contribution in [0.4, 0.5) is 0 Å². The van der Waals surface area contributed by atoms with Crippen LogP contribution in [0.25, 0.3) is 11.0 Å². The zero-order valence-electron chi connectivity index (χ0n) is 8.57. The van der Waals surface area contributed by atoms with Crippen molar-refractivity contribution in [1.29, 1.82) is 0 Å². The smallest absolute Gasteiger partial charge is 0.126 e.